The molecule has 25 heavy (non-hydrogen) atoms. The van der Waals surface area contributed by atoms with Gasteiger partial charge in [0.15, 0.2) is 0 Å². The van der Waals surface area contributed by atoms with Gasteiger partial charge < -0.3 is 9.64 Å². The van der Waals surface area contributed by atoms with E-state index in [1.54, 1.807) is 0 Å². The van der Waals surface area contributed by atoms with Crippen LogP contribution in [0.3, 0.4) is 0 Å². The molecule has 2 aromatic carbocycles. The normalized spacial score (nSPS) is 10.9. The molecule has 5 heteroatoms. The maximum Gasteiger partial charge on any atom is 0.240 e. The monoisotopic (exact) mass is 359 g/mol. The minimum atomic E-state index is 0. The van der Waals surface area contributed by atoms with Gasteiger partial charge in [0.25, 0.3) is 0 Å². The van der Waals surface area contributed by atoms with E-state index in [1.807, 2.05) is 10.7 Å². The largest absolute Gasteiger partial charge is 0.476 e. The van der Waals surface area contributed by atoms with Gasteiger partial charge in [-0.3, -0.25) is 4.68 Å². The summed E-state index contributed by atoms with van der Waals surface area (Å²) in [4.78, 5) is 2.17. The van der Waals surface area contributed by atoms with Crippen LogP contribution in [0, 0.1) is 6.92 Å². The standard InChI is InChI=1S/C20H25N3O.ClH/c1-16-10-11-19-18(14-16)20(24-13-7-12-22(2)3)21-23(19)15-17-8-5-4-6-9-17;/h4-6,8-11,14H,7,12-13,15H2,1-3H3;1H. The van der Waals surface area contributed by atoms with Gasteiger partial charge in [0.05, 0.1) is 24.1 Å². The Bertz CT molecular complexity index is 799. The number of nitrogens with zero attached hydrogens (tertiary/aromatic N) is 3. The van der Waals surface area contributed by atoms with Gasteiger partial charge in [0.2, 0.25) is 5.88 Å². The van der Waals surface area contributed by atoms with Crippen molar-refractivity contribution in [3.63, 3.8) is 0 Å². The van der Waals surface area contributed by atoms with E-state index in [4.69, 9.17) is 9.84 Å². The Kier molecular flexibility index (Phi) is 6.85. The van der Waals surface area contributed by atoms with E-state index < -0.39 is 0 Å². The number of benzene rings is 2. The summed E-state index contributed by atoms with van der Waals surface area (Å²) >= 11 is 0. The molecular formula is C20H26ClN3O. The molecule has 0 aliphatic carbocycles. The van der Waals surface area contributed by atoms with E-state index in [-0.39, 0.29) is 12.4 Å². The molecule has 0 atom stereocenters. The van der Waals surface area contributed by atoms with Crippen molar-refractivity contribution in [1.82, 2.24) is 14.7 Å². The number of halogens is 1. The predicted molar refractivity (Wildman–Crippen MR) is 106 cm³/mol. The summed E-state index contributed by atoms with van der Waals surface area (Å²) in [5.74, 6) is 0.739. The van der Waals surface area contributed by atoms with Gasteiger partial charge in [-0.15, -0.1) is 17.5 Å². The molecular weight excluding hydrogens is 334 g/mol. The molecule has 4 nitrogen and oxygen atoms in total. The first-order valence-electron chi connectivity index (χ1n) is 8.42. The fourth-order valence-corrected chi connectivity index (χ4v) is 2.80. The third kappa shape index (κ3) is 4.97. The van der Waals surface area contributed by atoms with Crippen LogP contribution in [0.4, 0.5) is 0 Å². The van der Waals surface area contributed by atoms with E-state index in [0.717, 1.165) is 36.3 Å². The van der Waals surface area contributed by atoms with Crippen molar-refractivity contribution >= 4 is 23.3 Å². The highest BCUT2D eigenvalue weighted by Crippen LogP contribution is 2.27. The van der Waals surface area contributed by atoms with Crippen LogP contribution in [0.25, 0.3) is 10.9 Å². The van der Waals surface area contributed by atoms with Gasteiger partial charge >= 0.3 is 0 Å². The van der Waals surface area contributed by atoms with E-state index in [0.29, 0.717) is 6.61 Å². The van der Waals surface area contributed by atoms with Crippen molar-refractivity contribution in [3.8, 4) is 5.88 Å². The molecule has 0 N–H and O–H groups in total. The topological polar surface area (TPSA) is 30.3 Å². The zero-order valence-corrected chi connectivity index (χ0v) is 15.9. The Morgan fingerprint density at radius 3 is 2.56 bits per heavy atom. The number of hydrogen-bond donors (Lipinski definition) is 0. The summed E-state index contributed by atoms with van der Waals surface area (Å²) in [5.41, 5.74) is 3.58. The zero-order chi connectivity index (χ0) is 16.9. The molecule has 0 radical (unpaired) electrons. The fraction of sp³-hybridized carbons (Fsp3) is 0.350. The van der Waals surface area contributed by atoms with Gasteiger partial charge in [0, 0.05) is 6.54 Å². The van der Waals surface area contributed by atoms with E-state index in [2.05, 4.69) is 68.4 Å². The number of aromatic nitrogens is 2. The maximum atomic E-state index is 5.98. The maximum absolute atomic E-state index is 5.98. The fourth-order valence-electron chi connectivity index (χ4n) is 2.80. The lowest BCUT2D eigenvalue weighted by atomic mass is 10.1. The lowest BCUT2D eigenvalue weighted by Gasteiger charge is -2.09. The second-order valence-electron chi connectivity index (χ2n) is 6.47. The van der Waals surface area contributed by atoms with Crippen molar-refractivity contribution in [3.05, 3.63) is 59.7 Å². The van der Waals surface area contributed by atoms with E-state index >= 15 is 0 Å². The smallest absolute Gasteiger partial charge is 0.240 e. The molecule has 0 aliphatic rings. The quantitative estimate of drug-likeness (QED) is 0.594. The highest BCUT2D eigenvalue weighted by molar-refractivity contribution is 5.85. The van der Waals surface area contributed by atoms with Gasteiger partial charge in [-0.05, 0) is 45.1 Å². The Morgan fingerprint density at radius 2 is 1.84 bits per heavy atom. The molecule has 0 saturated heterocycles. The Labute approximate surface area is 155 Å². The Balaban J connectivity index is 0.00000225. The first kappa shape index (κ1) is 19.3. The van der Waals surface area contributed by atoms with Crippen LogP contribution < -0.4 is 4.74 Å². The summed E-state index contributed by atoms with van der Waals surface area (Å²) in [6.45, 7) is 4.55. The highest BCUT2D eigenvalue weighted by atomic mass is 35.5. The molecule has 0 unspecified atom stereocenters. The van der Waals surface area contributed by atoms with Crippen LogP contribution in [0.5, 0.6) is 5.88 Å². The first-order chi connectivity index (χ1) is 11.6. The lowest BCUT2D eigenvalue weighted by molar-refractivity contribution is 0.273. The second-order valence-corrected chi connectivity index (χ2v) is 6.47. The summed E-state index contributed by atoms with van der Waals surface area (Å²) in [6.07, 6.45) is 0.992. The van der Waals surface area contributed by atoms with Crippen molar-refractivity contribution < 1.29 is 4.74 Å². The van der Waals surface area contributed by atoms with E-state index in [1.165, 1.54) is 11.1 Å². The van der Waals surface area contributed by atoms with Gasteiger partial charge in [0.1, 0.15) is 0 Å². The minimum absolute atomic E-state index is 0. The van der Waals surface area contributed by atoms with Gasteiger partial charge in [-0.2, -0.15) is 0 Å². The summed E-state index contributed by atoms with van der Waals surface area (Å²) in [6, 6.07) is 16.8. The molecule has 0 saturated carbocycles. The van der Waals surface area contributed by atoms with Crippen molar-refractivity contribution in [2.24, 2.45) is 0 Å². The summed E-state index contributed by atoms with van der Waals surface area (Å²) in [5, 5.41) is 5.82. The SMILES string of the molecule is Cc1ccc2c(c1)c(OCCCN(C)C)nn2Cc1ccccc1.Cl. The second kappa shape index (κ2) is 8.88. The molecule has 0 amide bonds. The summed E-state index contributed by atoms with van der Waals surface area (Å²) < 4.78 is 8.02. The molecule has 0 bridgehead atoms. The zero-order valence-electron chi connectivity index (χ0n) is 15.1. The number of aryl methyl sites for hydroxylation is 1. The number of fused-ring (bicyclic) bond motifs is 1. The van der Waals surface area contributed by atoms with Crippen LogP contribution in [0.2, 0.25) is 0 Å². The molecule has 1 heterocycles. The third-order valence-electron chi connectivity index (χ3n) is 4.04. The van der Waals surface area contributed by atoms with Crippen molar-refractivity contribution in [2.75, 3.05) is 27.2 Å². The predicted octanol–water partition coefficient (Wildman–Crippen LogP) is 4.15. The lowest BCUT2D eigenvalue weighted by Crippen LogP contribution is -2.15. The van der Waals surface area contributed by atoms with E-state index in [9.17, 15) is 0 Å². The molecule has 134 valence electrons. The number of ether oxygens (including phenoxy) is 1. The van der Waals surface area contributed by atoms with Crippen molar-refractivity contribution in [1.29, 1.82) is 0 Å². The molecule has 3 rings (SSSR count). The molecule has 3 aromatic rings. The van der Waals surface area contributed by atoms with Gasteiger partial charge in [-0.25, -0.2) is 0 Å². The van der Waals surface area contributed by atoms with Crippen LogP contribution in [-0.2, 0) is 6.54 Å². The average molecular weight is 360 g/mol. The minimum Gasteiger partial charge on any atom is -0.476 e. The van der Waals surface area contributed by atoms with Crippen molar-refractivity contribution in [2.45, 2.75) is 19.9 Å². The molecule has 0 fully saturated rings. The van der Waals surface area contributed by atoms with Crippen LogP contribution in [-0.4, -0.2) is 41.9 Å². The molecule has 0 aliphatic heterocycles. The van der Waals surface area contributed by atoms with Crippen LogP contribution >= 0.6 is 12.4 Å². The molecule has 1 aromatic heterocycles. The first-order valence-corrected chi connectivity index (χ1v) is 8.42. The number of hydrogen-bond acceptors (Lipinski definition) is 3. The average Bonchev–Trinajstić information content (AvgIpc) is 2.89. The van der Waals surface area contributed by atoms with Crippen LogP contribution in [0.15, 0.2) is 48.5 Å². The summed E-state index contributed by atoms with van der Waals surface area (Å²) in [7, 11) is 4.15. The molecule has 0 spiro atoms. The number of rotatable bonds is 7. The van der Waals surface area contributed by atoms with Crippen LogP contribution in [0.1, 0.15) is 17.5 Å². The third-order valence-corrected chi connectivity index (χ3v) is 4.04. The Morgan fingerprint density at radius 1 is 1.08 bits per heavy atom. The highest BCUT2D eigenvalue weighted by Gasteiger charge is 2.12. The Hall–Kier alpha value is -2.04. The van der Waals surface area contributed by atoms with Gasteiger partial charge in [-0.1, -0.05) is 42.0 Å².